The first kappa shape index (κ1) is 21.3. The number of nitrogens with one attached hydrogen (secondary N) is 2. The van der Waals surface area contributed by atoms with E-state index in [0.29, 0.717) is 11.1 Å². The highest BCUT2D eigenvalue weighted by molar-refractivity contribution is 7.80. The van der Waals surface area contributed by atoms with Crippen molar-refractivity contribution in [1.29, 1.82) is 0 Å². The van der Waals surface area contributed by atoms with Crippen LogP contribution in [-0.4, -0.2) is 34.7 Å². The van der Waals surface area contributed by atoms with Crippen molar-refractivity contribution in [1.82, 2.24) is 15.3 Å². The summed E-state index contributed by atoms with van der Waals surface area (Å²) in [5.41, 5.74) is 2.30. The molecule has 2 heterocycles. The Hall–Kier alpha value is -1.92. The minimum absolute atomic E-state index is 0.0586. The van der Waals surface area contributed by atoms with Gasteiger partial charge in [-0.2, -0.15) is 4.98 Å². The van der Waals surface area contributed by atoms with Crippen LogP contribution in [0.3, 0.4) is 0 Å². The molecule has 0 atom stereocenters. The average Bonchev–Trinajstić information content (AvgIpc) is 3.28. The van der Waals surface area contributed by atoms with Crippen LogP contribution < -0.4 is 15.5 Å². The SMILES string of the molecule is Cc1cc(N2CCCC2)nc(NC(=S)NCC2(c3cccc(Cl)c3)CCCCC2)n1. The summed E-state index contributed by atoms with van der Waals surface area (Å²) in [6.07, 6.45) is 8.48. The molecule has 2 fully saturated rings. The van der Waals surface area contributed by atoms with Crippen molar-refractivity contribution < 1.29 is 0 Å². The van der Waals surface area contributed by atoms with Crippen LogP contribution in [0.5, 0.6) is 0 Å². The van der Waals surface area contributed by atoms with Gasteiger partial charge in [0, 0.05) is 41.8 Å². The maximum absolute atomic E-state index is 6.30. The van der Waals surface area contributed by atoms with Crippen molar-refractivity contribution in [3.63, 3.8) is 0 Å². The molecule has 0 bridgehead atoms. The topological polar surface area (TPSA) is 53.1 Å². The number of anilines is 2. The summed E-state index contributed by atoms with van der Waals surface area (Å²) in [5, 5.41) is 8.03. The molecule has 2 aromatic rings. The van der Waals surface area contributed by atoms with E-state index in [9.17, 15) is 0 Å². The third kappa shape index (κ3) is 5.03. The number of aromatic nitrogens is 2. The quantitative estimate of drug-likeness (QED) is 0.617. The summed E-state index contributed by atoms with van der Waals surface area (Å²) in [5.74, 6) is 1.54. The van der Waals surface area contributed by atoms with Crippen LogP contribution in [0.15, 0.2) is 30.3 Å². The maximum Gasteiger partial charge on any atom is 0.231 e. The van der Waals surface area contributed by atoms with E-state index in [0.717, 1.165) is 49.0 Å². The van der Waals surface area contributed by atoms with Crippen LogP contribution in [0.1, 0.15) is 56.2 Å². The lowest BCUT2D eigenvalue weighted by Gasteiger charge is -2.38. The molecule has 1 aliphatic carbocycles. The fourth-order valence-corrected chi connectivity index (χ4v) is 5.08. The highest BCUT2D eigenvalue weighted by Crippen LogP contribution is 2.39. The van der Waals surface area contributed by atoms with Gasteiger partial charge in [-0.05, 0) is 62.5 Å². The van der Waals surface area contributed by atoms with Crippen LogP contribution in [0.4, 0.5) is 11.8 Å². The molecule has 7 heteroatoms. The Labute approximate surface area is 189 Å². The van der Waals surface area contributed by atoms with E-state index in [4.69, 9.17) is 28.8 Å². The third-order valence-electron chi connectivity index (χ3n) is 6.33. The Kier molecular flexibility index (Phi) is 6.74. The van der Waals surface area contributed by atoms with Crippen LogP contribution >= 0.6 is 23.8 Å². The molecule has 2 aliphatic rings. The molecular weight excluding hydrogens is 414 g/mol. The summed E-state index contributed by atoms with van der Waals surface area (Å²) < 4.78 is 0. The summed E-state index contributed by atoms with van der Waals surface area (Å²) in [4.78, 5) is 11.5. The molecule has 4 rings (SSSR count). The number of rotatable bonds is 5. The van der Waals surface area contributed by atoms with E-state index < -0.39 is 0 Å². The number of benzene rings is 1. The highest BCUT2D eigenvalue weighted by atomic mass is 35.5. The molecule has 30 heavy (non-hydrogen) atoms. The minimum Gasteiger partial charge on any atom is -0.361 e. The van der Waals surface area contributed by atoms with Crippen LogP contribution in [0.2, 0.25) is 5.02 Å². The summed E-state index contributed by atoms with van der Waals surface area (Å²) in [6, 6.07) is 10.3. The van der Waals surface area contributed by atoms with E-state index in [2.05, 4.69) is 32.7 Å². The number of hydrogen-bond donors (Lipinski definition) is 2. The summed E-state index contributed by atoms with van der Waals surface area (Å²) >= 11 is 11.9. The van der Waals surface area contributed by atoms with Gasteiger partial charge < -0.3 is 15.5 Å². The molecule has 0 radical (unpaired) electrons. The Morgan fingerprint density at radius 1 is 1.10 bits per heavy atom. The van der Waals surface area contributed by atoms with Crippen LogP contribution in [-0.2, 0) is 5.41 Å². The average molecular weight is 444 g/mol. The van der Waals surface area contributed by atoms with E-state index >= 15 is 0 Å². The minimum atomic E-state index is 0.0586. The van der Waals surface area contributed by atoms with Crippen molar-refractivity contribution in [3.05, 3.63) is 46.6 Å². The van der Waals surface area contributed by atoms with Gasteiger partial charge in [0.2, 0.25) is 5.95 Å². The number of nitrogens with zero attached hydrogens (tertiary/aromatic N) is 3. The monoisotopic (exact) mass is 443 g/mol. The third-order valence-corrected chi connectivity index (χ3v) is 6.81. The Morgan fingerprint density at radius 2 is 1.87 bits per heavy atom. The second-order valence-corrected chi connectivity index (χ2v) is 9.39. The van der Waals surface area contributed by atoms with Crippen molar-refractivity contribution >= 4 is 40.7 Å². The van der Waals surface area contributed by atoms with Crippen LogP contribution in [0, 0.1) is 6.92 Å². The van der Waals surface area contributed by atoms with Gasteiger partial charge in [-0.1, -0.05) is 43.0 Å². The molecule has 1 saturated heterocycles. The van der Waals surface area contributed by atoms with E-state index in [1.165, 1.54) is 37.7 Å². The van der Waals surface area contributed by atoms with Gasteiger partial charge in [0.15, 0.2) is 5.11 Å². The van der Waals surface area contributed by atoms with Crippen molar-refractivity contribution in [2.45, 2.75) is 57.3 Å². The largest absolute Gasteiger partial charge is 0.361 e. The molecule has 0 spiro atoms. The lowest BCUT2D eigenvalue weighted by atomic mass is 9.69. The normalized spacial score (nSPS) is 18.3. The predicted octanol–water partition coefficient (Wildman–Crippen LogP) is 5.23. The molecule has 0 amide bonds. The fourth-order valence-electron chi connectivity index (χ4n) is 4.73. The smallest absolute Gasteiger partial charge is 0.231 e. The molecule has 1 aromatic carbocycles. The van der Waals surface area contributed by atoms with Gasteiger partial charge >= 0.3 is 0 Å². The molecule has 0 unspecified atom stereocenters. The number of halogens is 1. The number of hydrogen-bond acceptors (Lipinski definition) is 4. The second-order valence-electron chi connectivity index (χ2n) is 8.54. The molecule has 1 aromatic heterocycles. The first-order valence-electron chi connectivity index (χ1n) is 11.0. The Bertz CT molecular complexity index is 891. The summed E-state index contributed by atoms with van der Waals surface area (Å²) in [7, 11) is 0. The van der Waals surface area contributed by atoms with E-state index in [1.807, 2.05) is 25.1 Å². The van der Waals surface area contributed by atoms with E-state index in [1.54, 1.807) is 0 Å². The number of aryl methyl sites for hydroxylation is 1. The standard InChI is InChI=1S/C23H30ClN5S/c1-17-14-20(29-12-5-6-13-29)27-21(26-17)28-22(30)25-16-23(10-3-2-4-11-23)18-8-7-9-19(24)15-18/h7-9,14-15H,2-6,10-13,16H2,1H3,(H2,25,26,27,28,30). The molecule has 5 nitrogen and oxygen atoms in total. The van der Waals surface area contributed by atoms with Gasteiger partial charge in [0.25, 0.3) is 0 Å². The lowest BCUT2D eigenvalue weighted by Crippen LogP contribution is -2.43. The van der Waals surface area contributed by atoms with Crippen molar-refractivity contribution in [3.8, 4) is 0 Å². The van der Waals surface area contributed by atoms with Gasteiger partial charge in [-0.15, -0.1) is 0 Å². The predicted molar refractivity (Wildman–Crippen MR) is 129 cm³/mol. The number of thiocarbonyl (C=S) groups is 1. The summed E-state index contributed by atoms with van der Waals surface area (Å²) in [6.45, 7) is 4.89. The van der Waals surface area contributed by atoms with Crippen molar-refractivity contribution in [2.75, 3.05) is 29.9 Å². The lowest BCUT2D eigenvalue weighted by molar-refractivity contribution is 0.292. The first-order valence-corrected chi connectivity index (χ1v) is 11.7. The van der Waals surface area contributed by atoms with Crippen molar-refractivity contribution in [2.24, 2.45) is 0 Å². The zero-order valence-corrected chi connectivity index (χ0v) is 19.2. The molecular formula is C23H30ClN5S. The zero-order chi connectivity index (χ0) is 21.0. The highest BCUT2D eigenvalue weighted by Gasteiger charge is 2.34. The molecule has 160 valence electrons. The maximum atomic E-state index is 6.30. The van der Waals surface area contributed by atoms with Crippen LogP contribution in [0.25, 0.3) is 0 Å². The second kappa shape index (κ2) is 9.48. The zero-order valence-electron chi connectivity index (χ0n) is 17.6. The Morgan fingerprint density at radius 3 is 2.60 bits per heavy atom. The van der Waals surface area contributed by atoms with E-state index in [-0.39, 0.29) is 5.41 Å². The molecule has 1 aliphatic heterocycles. The van der Waals surface area contributed by atoms with Gasteiger partial charge in [0.1, 0.15) is 5.82 Å². The van der Waals surface area contributed by atoms with Gasteiger partial charge in [-0.3, -0.25) is 0 Å². The molecule has 1 saturated carbocycles. The fraction of sp³-hybridized carbons (Fsp3) is 0.522. The van der Waals surface area contributed by atoms with Gasteiger partial charge in [0.05, 0.1) is 0 Å². The van der Waals surface area contributed by atoms with Gasteiger partial charge in [-0.25, -0.2) is 4.98 Å². The first-order chi connectivity index (χ1) is 14.5. The molecule has 2 N–H and O–H groups in total. The Balaban J connectivity index is 1.44.